The number of likely N-dealkylation sites (N-methyl/N-ethyl adjacent to an activating group) is 1. The molecule has 0 atom stereocenters. The van der Waals surface area contributed by atoms with E-state index in [4.69, 9.17) is 178 Å². The maximum atomic E-state index is 6.75. The number of hydrogen-bond donors (Lipinski definition) is 1. The second-order valence-electron chi connectivity index (χ2n) is 15.5. The first-order chi connectivity index (χ1) is 25.2. The van der Waals surface area contributed by atoms with Crippen LogP contribution in [0.15, 0.2) is 0 Å². The van der Waals surface area contributed by atoms with E-state index in [1.54, 1.807) is 0 Å². The summed E-state index contributed by atoms with van der Waals surface area (Å²) in [5, 5.41) is 3.35. The van der Waals surface area contributed by atoms with Crippen LogP contribution in [0.3, 0.4) is 0 Å². The van der Waals surface area contributed by atoms with Gasteiger partial charge in [0.2, 0.25) is 0 Å². The molecule has 0 saturated carbocycles. The average Bonchev–Trinajstić information content (AvgIpc) is 3.02. The zero-order chi connectivity index (χ0) is 43.2. The van der Waals surface area contributed by atoms with Gasteiger partial charge >= 0.3 is 0 Å². The minimum atomic E-state index is -1.27. The van der Waals surface area contributed by atoms with Crippen molar-refractivity contribution in [3.8, 4) is 0 Å². The second-order valence-corrected chi connectivity index (χ2v) is 15.5. The Hall–Kier alpha value is 2.74. The minimum Gasteiger partial charge on any atom is -0.314 e. The van der Waals surface area contributed by atoms with Crippen LogP contribution in [-0.4, -0.2) is 375 Å². The highest BCUT2D eigenvalue weighted by Gasteiger charge is 2.58. The van der Waals surface area contributed by atoms with E-state index < -0.39 is 134 Å². The summed E-state index contributed by atoms with van der Waals surface area (Å²) in [5.41, 5.74) is 0. The van der Waals surface area contributed by atoms with Gasteiger partial charge in [-0.1, -0.05) is 0 Å². The van der Waals surface area contributed by atoms with Crippen LogP contribution in [0.25, 0.3) is 0 Å². The Kier molecular flexibility index (Phi) is 29.8. The molecule has 1 fully saturated rings. The number of nitrogens with zero attached hydrogens (tertiary/aromatic N) is 2. The molecule has 0 bridgehead atoms. The lowest BCUT2D eigenvalue weighted by Crippen LogP contribution is -2.93. The summed E-state index contributed by atoms with van der Waals surface area (Å²) in [7, 11) is 150. The molecular weight excluding hydrogens is 614 g/mol. The predicted octanol–water partition coefficient (Wildman–Crippen LogP) is -17.3. The Morgan fingerprint density at radius 1 is 0.364 bits per heavy atom. The molecule has 47 heteroatoms. The van der Waals surface area contributed by atoms with E-state index in [0.717, 1.165) is 13.1 Å². The smallest absolute Gasteiger partial charge is 0.0110 e. The third-order valence-electron chi connectivity index (χ3n) is 11.0. The van der Waals surface area contributed by atoms with Gasteiger partial charge in [0.25, 0.3) is 0 Å². The largest absolute Gasteiger partial charge is 0.314 e. The van der Waals surface area contributed by atoms with Gasteiger partial charge in [-0.05, 0) is 14.1 Å². The summed E-state index contributed by atoms with van der Waals surface area (Å²) in [6, 6.07) is 0. The van der Waals surface area contributed by atoms with Crippen molar-refractivity contribution in [1.82, 2.24) is 15.1 Å². The second kappa shape index (κ2) is 28.4. The average molecular weight is 633 g/mol. The van der Waals surface area contributed by atoms with Crippen LogP contribution >= 0.6 is 0 Å². The SMILES string of the molecule is CN(C)CCN1CCNCC1.[B]B([B])B([B])B(B(B([B])[B])B([B])[B])B(B(B(B([B])[B])B([B])[B])B(B([B])[B])B([B])[B])B(B(B([B])[B])B([B])[B])B(B([B])[B])B([B])[B]. The van der Waals surface area contributed by atoms with Gasteiger partial charge in [0.15, 0.2) is 0 Å². The number of hydrogen-bond acceptors (Lipinski definition) is 3. The van der Waals surface area contributed by atoms with Gasteiger partial charge < -0.3 is 10.2 Å². The third kappa shape index (κ3) is 18.5. The predicted molar refractivity (Wildman–Crippen MR) is 301 cm³/mol. The van der Waals surface area contributed by atoms with Gasteiger partial charge in [-0.3, -0.25) is 4.90 Å². The van der Waals surface area contributed by atoms with Crippen LogP contribution < -0.4 is 5.32 Å². The molecule has 0 aromatic rings. The van der Waals surface area contributed by atoms with E-state index in [0.29, 0.717) is 0 Å². The Labute approximate surface area is 377 Å². The third-order valence-corrected chi connectivity index (χ3v) is 11.0. The van der Waals surface area contributed by atoms with Crippen LogP contribution in [0.1, 0.15) is 0 Å². The Morgan fingerprint density at radius 3 is 0.818 bits per heavy atom. The van der Waals surface area contributed by atoms with E-state index in [-0.39, 0.29) is 0 Å². The molecule has 1 aliphatic rings. The van der Waals surface area contributed by atoms with Crippen molar-refractivity contribution in [3.63, 3.8) is 0 Å². The molecule has 0 aromatic carbocycles. The zero-order valence-electron chi connectivity index (χ0n) is 33.0. The monoisotopic (exact) mass is 642 g/mol. The van der Waals surface area contributed by atoms with Crippen molar-refractivity contribution in [2.24, 2.45) is 0 Å². The summed E-state index contributed by atoms with van der Waals surface area (Å²) < 4.78 is 0. The van der Waals surface area contributed by atoms with Crippen molar-refractivity contribution in [2.45, 2.75) is 0 Å². The number of piperazine rings is 1. The summed E-state index contributed by atoms with van der Waals surface area (Å²) >= 11 is 0. The highest BCUT2D eigenvalue weighted by Crippen LogP contribution is 2.20. The fourth-order valence-electron chi connectivity index (χ4n) is 8.46. The van der Waals surface area contributed by atoms with Gasteiger partial charge in [-0.2, -0.15) is 0 Å². The molecule has 1 rings (SSSR count). The van der Waals surface area contributed by atoms with Crippen LogP contribution in [0.4, 0.5) is 0 Å². The van der Waals surface area contributed by atoms with Gasteiger partial charge in [0.05, 0.1) is 0 Å². The van der Waals surface area contributed by atoms with Gasteiger partial charge in [0, 0.05) is 351 Å². The molecule has 0 spiro atoms. The summed E-state index contributed by atoms with van der Waals surface area (Å²) in [4.78, 5) is 4.75. The molecule has 0 unspecified atom stereocenters. The fraction of sp³-hybridized carbons (Fsp3) is 1.00. The molecule has 55 heavy (non-hydrogen) atoms. The van der Waals surface area contributed by atoms with Crippen molar-refractivity contribution >= 4 is 312 Å². The van der Waals surface area contributed by atoms with E-state index in [2.05, 4.69) is 29.2 Å². The first-order valence-electron chi connectivity index (χ1n) is 18.7. The van der Waals surface area contributed by atoms with Gasteiger partial charge in [0.1, 0.15) is 0 Å². The standard InChI is InChI=1S/C8H19N3.B44/c1-10(2)7-8-11-5-3-9-4-6-11;1-24(2)35(23)41(36(25(3)4)26(5)6)44(42(37(27(7)8)28(9)10)38(29(11)12)30(13)14)43(39(31(15)16)32(17)18)40(33(19)20)34(21)22/h9H,3-8H2,1-2H3;. The van der Waals surface area contributed by atoms with Gasteiger partial charge in [-0.15, -0.1) is 0 Å². The van der Waals surface area contributed by atoms with Crippen LogP contribution in [0, 0.1) is 0 Å². The lowest BCUT2D eigenvalue weighted by Gasteiger charge is -2.55. The Morgan fingerprint density at radius 2 is 0.600 bits per heavy atom. The van der Waals surface area contributed by atoms with E-state index in [9.17, 15) is 0 Å². The van der Waals surface area contributed by atoms with E-state index >= 15 is 0 Å². The molecule has 198 valence electrons. The molecular formula is C8H19B44N3. The summed E-state index contributed by atoms with van der Waals surface area (Å²) in [6.45, 7) is 7.15. The van der Waals surface area contributed by atoms with Crippen LogP contribution in [0.5, 0.6) is 0 Å². The highest BCUT2D eigenvalue weighted by molar-refractivity contribution is 8.33. The maximum absolute atomic E-state index is 6.75. The quantitative estimate of drug-likeness (QED) is 0.113. The summed E-state index contributed by atoms with van der Waals surface area (Å²) in [6.07, 6.45) is -25.3. The van der Waals surface area contributed by atoms with Crippen molar-refractivity contribution in [1.29, 1.82) is 0 Å². The Balaban J connectivity index is 0.00000225. The molecule has 0 aliphatic carbocycles. The molecule has 46 radical (unpaired) electrons. The molecule has 1 saturated heterocycles. The molecule has 1 N–H and O–H groups in total. The van der Waals surface area contributed by atoms with E-state index in [1.807, 2.05) is 0 Å². The van der Waals surface area contributed by atoms with Crippen molar-refractivity contribution in [3.05, 3.63) is 0 Å². The molecule has 1 aliphatic heterocycles. The Bertz CT molecular complexity index is 845. The van der Waals surface area contributed by atoms with Crippen LogP contribution in [-0.2, 0) is 0 Å². The normalized spacial score (nSPS) is 11.9. The lowest BCUT2D eigenvalue weighted by atomic mass is 8.26. The number of nitrogens with one attached hydrogen (secondary N) is 1. The molecule has 1 heterocycles. The molecule has 0 aromatic heterocycles. The fourth-order valence-corrected chi connectivity index (χ4v) is 8.46. The molecule has 3 nitrogen and oxygen atoms in total. The first-order valence-corrected chi connectivity index (χ1v) is 18.7. The highest BCUT2D eigenvalue weighted by atomic mass is 15.2. The maximum Gasteiger partial charge on any atom is 0.0110 e. The first kappa shape index (κ1) is 57.7. The van der Waals surface area contributed by atoms with Crippen molar-refractivity contribution in [2.75, 3.05) is 53.4 Å². The van der Waals surface area contributed by atoms with Crippen LogP contribution in [0.2, 0.25) is 0 Å². The lowest BCUT2D eigenvalue weighted by molar-refractivity contribution is 0.217. The van der Waals surface area contributed by atoms with Crippen molar-refractivity contribution < 1.29 is 0 Å². The van der Waals surface area contributed by atoms with Gasteiger partial charge in [-0.25, -0.2) is 0 Å². The van der Waals surface area contributed by atoms with E-state index in [1.165, 1.54) is 26.2 Å². The molecule has 0 amide bonds. The zero-order valence-corrected chi connectivity index (χ0v) is 33.0. The number of rotatable bonds is 23. The topological polar surface area (TPSA) is 18.5 Å². The summed E-state index contributed by atoms with van der Waals surface area (Å²) in [5.74, 6) is 0. The minimum absolute atomic E-state index is 1.10.